The van der Waals surface area contributed by atoms with Crippen LogP contribution in [-0.2, 0) is 16.3 Å². The smallest absolute Gasteiger partial charge is 0.337 e. The predicted molar refractivity (Wildman–Crippen MR) is 78.4 cm³/mol. The van der Waals surface area contributed by atoms with Crippen molar-refractivity contribution in [3.05, 3.63) is 50.9 Å². The molecule has 4 nitrogen and oxygen atoms in total. The molecule has 112 valence electrons. The molecule has 0 saturated carbocycles. The van der Waals surface area contributed by atoms with Crippen molar-refractivity contribution in [3.8, 4) is 0 Å². The van der Waals surface area contributed by atoms with Crippen molar-refractivity contribution in [2.75, 3.05) is 5.75 Å². The van der Waals surface area contributed by atoms with Gasteiger partial charge in [0, 0.05) is 4.88 Å². The molecule has 0 aliphatic rings. The molecular formula is C13H10ClFO4S2. The molecule has 0 unspecified atom stereocenters. The number of carbonyl (C=O) groups is 1. The first-order valence-corrected chi connectivity index (χ1v) is 8.70. The van der Waals surface area contributed by atoms with Gasteiger partial charge in [-0.25, -0.2) is 17.6 Å². The number of aromatic carboxylic acids is 1. The highest BCUT2D eigenvalue weighted by molar-refractivity contribution is 7.91. The lowest BCUT2D eigenvalue weighted by atomic mass is 10.2. The highest BCUT2D eigenvalue weighted by atomic mass is 35.5. The Labute approximate surface area is 129 Å². The van der Waals surface area contributed by atoms with Gasteiger partial charge >= 0.3 is 5.97 Å². The second kappa shape index (κ2) is 6.13. The van der Waals surface area contributed by atoms with Crippen molar-refractivity contribution in [3.63, 3.8) is 0 Å². The predicted octanol–water partition coefficient (Wildman–Crippen LogP) is 3.26. The Kier molecular flexibility index (Phi) is 4.65. The minimum atomic E-state index is -3.79. The van der Waals surface area contributed by atoms with Crippen molar-refractivity contribution < 1.29 is 22.7 Å². The van der Waals surface area contributed by atoms with E-state index in [0.717, 1.165) is 17.0 Å². The molecule has 0 aliphatic carbocycles. The fraction of sp³-hybridized carbons (Fsp3) is 0.154. The van der Waals surface area contributed by atoms with Crippen LogP contribution in [0.2, 0.25) is 5.02 Å². The van der Waals surface area contributed by atoms with Crippen LogP contribution in [0.3, 0.4) is 0 Å². The van der Waals surface area contributed by atoms with Gasteiger partial charge in [0.25, 0.3) is 0 Å². The number of sulfone groups is 1. The maximum atomic E-state index is 13.6. The molecule has 2 aromatic rings. The van der Waals surface area contributed by atoms with Gasteiger partial charge in [0.2, 0.25) is 0 Å². The normalized spacial score (nSPS) is 11.5. The summed E-state index contributed by atoms with van der Waals surface area (Å²) in [6.45, 7) is 0. The molecule has 0 fully saturated rings. The highest BCUT2D eigenvalue weighted by Crippen LogP contribution is 2.25. The van der Waals surface area contributed by atoms with Gasteiger partial charge < -0.3 is 5.11 Å². The number of halogens is 2. The van der Waals surface area contributed by atoms with E-state index < -0.39 is 32.2 Å². The molecule has 0 saturated heterocycles. The van der Waals surface area contributed by atoms with Gasteiger partial charge in [-0.15, -0.1) is 11.3 Å². The lowest BCUT2D eigenvalue weighted by Gasteiger charge is -2.07. The number of hydrogen-bond acceptors (Lipinski definition) is 4. The highest BCUT2D eigenvalue weighted by Gasteiger charge is 2.22. The van der Waals surface area contributed by atoms with Crippen LogP contribution in [0.1, 0.15) is 15.2 Å². The van der Waals surface area contributed by atoms with E-state index in [0.29, 0.717) is 0 Å². The minimum Gasteiger partial charge on any atom is -0.478 e. The van der Waals surface area contributed by atoms with Crippen molar-refractivity contribution in [2.24, 2.45) is 0 Å². The fourth-order valence-corrected chi connectivity index (χ4v) is 4.04. The third kappa shape index (κ3) is 3.61. The number of benzene rings is 1. The van der Waals surface area contributed by atoms with Crippen LogP contribution in [-0.4, -0.2) is 25.2 Å². The molecule has 21 heavy (non-hydrogen) atoms. The largest absolute Gasteiger partial charge is 0.478 e. The second-order valence-electron chi connectivity index (χ2n) is 4.22. The first-order valence-electron chi connectivity index (χ1n) is 5.79. The molecule has 2 rings (SSSR count). The first-order chi connectivity index (χ1) is 9.81. The van der Waals surface area contributed by atoms with E-state index >= 15 is 0 Å². The summed E-state index contributed by atoms with van der Waals surface area (Å²) >= 11 is 6.94. The van der Waals surface area contributed by atoms with Crippen LogP contribution in [0, 0.1) is 5.82 Å². The summed E-state index contributed by atoms with van der Waals surface area (Å²) in [5.41, 5.74) is -0.564. The number of carboxylic acids is 1. The standard InChI is InChI=1S/C13H10ClFO4S2/c14-12-10(13(16)17)6-9(7-11(12)15)21(18,19)5-3-8-2-1-4-20-8/h1-2,4,6-7H,3,5H2,(H,16,17). The zero-order chi connectivity index (χ0) is 15.6. The maximum Gasteiger partial charge on any atom is 0.337 e. The summed E-state index contributed by atoms with van der Waals surface area (Å²) in [5.74, 6) is -2.77. The average Bonchev–Trinajstić information content (AvgIpc) is 2.92. The van der Waals surface area contributed by atoms with E-state index in [1.54, 1.807) is 12.1 Å². The van der Waals surface area contributed by atoms with Gasteiger partial charge in [-0.2, -0.15) is 0 Å². The van der Waals surface area contributed by atoms with Crippen molar-refractivity contribution in [2.45, 2.75) is 11.3 Å². The lowest BCUT2D eigenvalue weighted by molar-refractivity contribution is 0.0696. The summed E-state index contributed by atoms with van der Waals surface area (Å²) in [6.07, 6.45) is 0.284. The Balaban J connectivity index is 2.33. The molecule has 0 bridgehead atoms. The SMILES string of the molecule is O=C(O)c1cc(S(=O)(=O)CCc2cccs2)cc(F)c1Cl. The molecular weight excluding hydrogens is 339 g/mol. The van der Waals surface area contributed by atoms with Crippen molar-refractivity contribution >= 4 is 38.7 Å². The van der Waals surface area contributed by atoms with Crippen LogP contribution < -0.4 is 0 Å². The molecule has 8 heteroatoms. The summed E-state index contributed by atoms with van der Waals surface area (Å²) in [6, 6.07) is 5.23. The maximum absolute atomic E-state index is 13.6. The van der Waals surface area contributed by atoms with Crippen LogP contribution >= 0.6 is 22.9 Å². The van der Waals surface area contributed by atoms with Gasteiger partial charge in [-0.05, 0) is 30.0 Å². The molecule has 0 atom stereocenters. The summed E-state index contributed by atoms with van der Waals surface area (Å²) in [4.78, 5) is 11.5. The Morgan fingerprint density at radius 1 is 1.38 bits per heavy atom. The Morgan fingerprint density at radius 2 is 2.10 bits per heavy atom. The van der Waals surface area contributed by atoms with Crippen LogP contribution in [0.4, 0.5) is 4.39 Å². The number of hydrogen-bond donors (Lipinski definition) is 1. The third-order valence-electron chi connectivity index (χ3n) is 2.79. The molecule has 1 aromatic carbocycles. The molecule has 0 radical (unpaired) electrons. The lowest BCUT2D eigenvalue weighted by Crippen LogP contribution is -2.11. The molecule has 0 spiro atoms. The van der Waals surface area contributed by atoms with E-state index in [2.05, 4.69) is 0 Å². The zero-order valence-corrected chi connectivity index (χ0v) is 12.9. The zero-order valence-electron chi connectivity index (χ0n) is 10.5. The van der Waals surface area contributed by atoms with Gasteiger partial charge in [0.15, 0.2) is 9.84 Å². The van der Waals surface area contributed by atoms with E-state index in [-0.39, 0.29) is 17.1 Å². The Morgan fingerprint density at radius 3 is 2.67 bits per heavy atom. The van der Waals surface area contributed by atoms with Gasteiger partial charge in [0.1, 0.15) is 5.82 Å². The molecule has 0 aliphatic heterocycles. The minimum absolute atomic E-state index is 0.229. The monoisotopic (exact) mass is 348 g/mol. The number of aryl methyl sites for hydroxylation is 1. The number of rotatable bonds is 5. The van der Waals surface area contributed by atoms with Crippen LogP contribution in [0.5, 0.6) is 0 Å². The summed E-state index contributed by atoms with van der Waals surface area (Å²) in [7, 11) is -3.79. The number of thiophene rings is 1. The third-order valence-corrected chi connectivity index (χ3v) is 5.80. The van der Waals surface area contributed by atoms with E-state index in [1.165, 1.54) is 11.3 Å². The average molecular weight is 349 g/mol. The molecule has 1 aromatic heterocycles. The molecule has 1 heterocycles. The molecule has 1 N–H and O–H groups in total. The van der Waals surface area contributed by atoms with Gasteiger partial charge in [-0.1, -0.05) is 17.7 Å². The van der Waals surface area contributed by atoms with Crippen molar-refractivity contribution in [1.29, 1.82) is 0 Å². The van der Waals surface area contributed by atoms with Gasteiger partial charge in [-0.3, -0.25) is 0 Å². The molecule has 0 amide bonds. The number of carboxylic acid groups (broad SMARTS) is 1. The second-order valence-corrected chi connectivity index (χ2v) is 7.74. The fourth-order valence-electron chi connectivity index (χ4n) is 1.71. The summed E-state index contributed by atoms with van der Waals surface area (Å²) in [5, 5.41) is 10.1. The van der Waals surface area contributed by atoms with Crippen LogP contribution in [0.25, 0.3) is 0 Å². The van der Waals surface area contributed by atoms with Crippen LogP contribution in [0.15, 0.2) is 34.5 Å². The summed E-state index contributed by atoms with van der Waals surface area (Å²) < 4.78 is 37.9. The van der Waals surface area contributed by atoms with Gasteiger partial charge in [0.05, 0.1) is 21.2 Å². The topological polar surface area (TPSA) is 71.4 Å². The van der Waals surface area contributed by atoms with E-state index in [1.807, 2.05) is 5.38 Å². The Hall–Kier alpha value is -1.44. The van der Waals surface area contributed by atoms with Crippen molar-refractivity contribution in [1.82, 2.24) is 0 Å². The van der Waals surface area contributed by atoms with E-state index in [9.17, 15) is 17.6 Å². The quantitative estimate of drug-likeness (QED) is 0.900. The van der Waals surface area contributed by atoms with E-state index in [4.69, 9.17) is 16.7 Å². The Bertz CT molecular complexity index is 770. The first kappa shape index (κ1) is 15.9.